The van der Waals surface area contributed by atoms with Gasteiger partial charge in [-0.1, -0.05) is 12.1 Å². The maximum absolute atomic E-state index is 5.80. The molecule has 0 saturated carbocycles. The zero-order chi connectivity index (χ0) is 12.8. The van der Waals surface area contributed by atoms with Crippen LogP contribution in [0.1, 0.15) is 6.42 Å². The van der Waals surface area contributed by atoms with Gasteiger partial charge in [0.05, 0.1) is 10.2 Å². The van der Waals surface area contributed by atoms with Crippen molar-refractivity contribution in [3.05, 3.63) is 27.8 Å². The molecule has 0 atom stereocenters. The van der Waals surface area contributed by atoms with Crippen LogP contribution in [0, 0.1) is 3.57 Å². The lowest BCUT2D eigenvalue weighted by molar-refractivity contribution is 0.145. The number of nitrogens with zero attached hydrogens (tertiary/aromatic N) is 2. The molecule has 1 heterocycles. The second kappa shape index (κ2) is 7.31. The zero-order valence-corrected chi connectivity index (χ0v) is 13.1. The lowest BCUT2D eigenvalue weighted by Gasteiger charge is -2.32. The maximum Gasteiger partial charge on any atom is 0.132 e. The van der Waals surface area contributed by atoms with E-state index < -0.39 is 0 Å². The summed E-state index contributed by atoms with van der Waals surface area (Å²) in [5.41, 5.74) is 0. The molecule has 1 aliphatic heterocycles. The van der Waals surface area contributed by atoms with E-state index in [1.807, 2.05) is 18.2 Å². The van der Waals surface area contributed by atoms with Gasteiger partial charge >= 0.3 is 0 Å². The van der Waals surface area contributed by atoms with Crippen LogP contribution in [0.25, 0.3) is 0 Å². The van der Waals surface area contributed by atoms with Gasteiger partial charge in [-0.05, 0) is 48.2 Å². The molecule has 0 spiro atoms. The first-order valence-corrected chi connectivity index (χ1v) is 7.62. The van der Waals surface area contributed by atoms with Gasteiger partial charge in [-0.25, -0.2) is 0 Å². The van der Waals surface area contributed by atoms with Crippen LogP contribution in [0.15, 0.2) is 24.3 Å². The average molecular weight is 360 g/mol. The molecule has 1 aromatic rings. The van der Waals surface area contributed by atoms with Gasteiger partial charge in [-0.2, -0.15) is 0 Å². The lowest BCUT2D eigenvalue weighted by Crippen LogP contribution is -2.44. The fourth-order valence-electron chi connectivity index (χ4n) is 2.10. The molecule has 0 radical (unpaired) electrons. The number of piperazine rings is 1. The molecule has 18 heavy (non-hydrogen) atoms. The van der Waals surface area contributed by atoms with Crippen LogP contribution < -0.4 is 4.74 Å². The quantitative estimate of drug-likeness (QED) is 0.592. The Hall–Kier alpha value is -0.330. The molecular formula is C14H21IN2O. The van der Waals surface area contributed by atoms with Crippen LogP contribution in [-0.2, 0) is 0 Å². The van der Waals surface area contributed by atoms with Crippen molar-refractivity contribution in [3.63, 3.8) is 0 Å². The first kappa shape index (κ1) is 14.1. The number of halogens is 1. The number of benzene rings is 1. The Morgan fingerprint density at radius 2 is 1.89 bits per heavy atom. The van der Waals surface area contributed by atoms with E-state index in [2.05, 4.69) is 45.5 Å². The Labute approximate surface area is 123 Å². The minimum atomic E-state index is 0.812. The first-order chi connectivity index (χ1) is 8.75. The van der Waals surface area contributed by atoms with Gasteiger partial charge in [0.2, 0.25) is 0 Å². The molecule has 0 aliphatic carbocycles. The summed E-state index contributed by atoms with van der Waals surface area (Å²) in [5.74, 6) is 1.01. The van der Waals surface area contributed by atoms with Gasteiger partial charge < -0.3 is 14.5 Å². The summed E-state index contributed by atoms with van der Waals surface area (Å²) in [6.45, 7) is 6.73. The standard InChI is InChI=1S/C14H21IN2O/c1-16-8-10-17(11-9-16)7-4-12-18-14-6-3-2-5-13(14)15/h2-3,5-6H,4,7-12H2,1H3. The summed E-state index contributed by atoms with van der Waals surface area (Å²) in [6.07, 6.45) is 1.11. The third-order valence-corrected chi connectivity index (χ3v) is 4.20. The summed E-state index contributed by atoms with van der Waals surface area (Å²) in [6, 6.07) is 8.19. The maximum atomic E-state index is 5.80. The monoisotopic (exact) mass is 360 g/mol. The molecule has 1 aliphatic rings. The third-order valence-electron chi connectivity index (χ3n) is 3.31. The normalized spacial score (nSPS) is 17.9. The third kappa shape index (κ3) is 4.40. The second-order valence-electron chi connectivity index (χ2n) is 4.78. The highest BCUT2D eigenvalue weighted by Gasteiger charge is 2.12. The van der Waals surface area contributed by atoms with Crippen molar-refractivity contribution in [2.45, 2.75) is 6.42 Å². The largest absolute Gasteiger partial charge is 0.492 e. The van der Waals surface area contributed by atoms with E-state index in [1.165, 1.54) is 29.7 Å². The highest BCUT2D eigenvalue weighted by atomic mass is 127. The molecule has 0 amide bonds. The molecule has 0 unspecified atom stereocenters. The summed E-state index contributed by atoms with van der Waals surface area (Å²) in [7, 11) is 2.19. The number of likely N-dealkylation sites (N-methyl/N-ethyl adjacent to an activating group) is 1. The summed E-state index contributed by atoms with van der Waals surface area (Å²) in [5, 5.41) is 0. The Kier molecular flexibility index (Phi) is 5.72. The van der Waals surface area contributed by atoms with Crippen LogP contribution in [0.2, 0.25) is 0 Å². The van der Waals surface area contributed by atoms with E-state index in [0.29, 0.717) is 0 Å². The fraction of sp³-hybridized carbons (Fsp3) is 0.571. The van der Waals surface area contributed by atoms with Crippen LogP contribution in [0.3, 0.4) is 0 Å². The van der Waals surface area contributed by atoms with Gasteiger partial charge in [0.15, 0.2) is 0 Å². The van der Waals surface area contributed by atoms with Crippen molar-refractivity contribution in [1.82, 2.24) is 9.80 Å². The topological polar surface area (TPSA) is 15.7 Å². The van der Waals surface area contributed by atoms with E-state index in [-0.39, 0.29) is 0 Å². The molecule has 100 valence electrons. The minimum Gasteiger partial charge on any atom is -0.492 e. The predicted octanol–water partition coefficient (Wildman–Crippen LogP) is 2.31. The highest BCUT2D eigenvalue weighted by molar-refractivity contribution is 14.1. The summed E-state index contributed by atoms with van der Waals surface area (Å²) >= 11 is 2.32. The van der Waals surface area contributed by atoms with Gasteiger partial charge in [0.25, 0.3) is 0 Å². The fourth-order valence-corrected chi connectivity index (χ4v) is 2.65. The Morgan fingerprint density at radius 3 is 2.61 bits per heavy atom. The lowest BCUT2D eigenvalue weighted by atomic mass is 10.3. The van der Waals surface area contributed by atoms with Gasteiger partial charge in [-0.3, -0.25) is 0 Å². The van der Waals surface area contributed by atoms with Crippen LogP contribution >= 0.6 is 22.6 Å². The number of ether oxygens (including phenoxy) is 1. The predicted molar refractivity (Wildman–Crippen MR) is 83.2 cm³/mol. The van der Waals surface area contributed by atoms with E-state index in [0.717, 1.165) is 25.3 Å². The molecule has 1 fully saturated rings. The molecule has 1 aromatic carbocycles. The van der Waals surface area contributed by atoms with Crippen molar-refractivity contribution < 1.29 is 4.74 Å². The molecule has 2 rings (SSSR count). The summed E-state index contributed by atoms with van der Waals surface area (Å²) < 4.78 is 6.99. The van der Waals surface area contributed by atoms with E-state index in [4.69, 9.17) is 4.74 Å². The second-order valence-corrected chi connectivity index (χ2v) is 5.94. The van der Waals surface area contributed by atoms with E-state index in [1.54, 1.807) is 0 Å². The average Bonchev–Trinajstić information content (AvgIpc) is 2.39. The van der Waals surface area contributed by atoms with E-state index in [9.17, 15) is 0 Å². The Bertz CT molecular complexity index is 365. The molecule has 0 aromatic heterocycles. The van der Waals surface area contributed by atoms with Crippen LogP contribution in [-0.4, -0.2) is 56.2 Å². The zero-order valence-electron chi connectivity index (χ0n) is 10.9. The molecule has 4 heteroatoms. The van der Waals surface area contributed by atoms with E-state index >= 15 is 0 Å². The van der Waals surface area contributed by atoms with Crippen molar-refractivity contribution in [1.29, 1.82) is 0 Å². The van der Waals surface area contributed by atoms with Gasteiger partial charge in [0.1, 0.15) is 5.75 Å². The number of hydrogen-bond donors (Lipinski definition) is 0. The summed E-state index contributed by atoms with van der Waals surface area (Å²) in [4.78, 5) is 4.92. The minimum absolute atomic E-state index is 0.812. The van der Waals surface area contributed by atoms with Crippen LogP contribution in [0.5, 0.6) is 5.75 Å². The van der Waals surface area contributed by atoms with Gasteiger partial charge in [0, 0.05) is 32.7 Å². The SMILES string of the molecule is CN1CCN(CCCOc2ccccc2I)CC1. The van der Waals surface area contributed by atoms with Crippen molar-refractivity contribution >= 4 is 22.6 Å². The smallest absolute Gasteiger partial charge is 0.132 e. The molecular weight excluding hydrogens is 339 g/mol. The Morgan fingerprint density at radius 1 is 1.17 bits per heavy atom. The number of rotatable bonds is 5. The van der Waals surface area contributed by atoms with Crippen molar-refractivity contribution in [3.8, 4) is 5.75 Å². The molecule has 0 N–H and O–H groups in total. The van der Waals surface area contributed by atoms with Crippen molar-refractivity contribution in [2.75, 3.05) is 46.4 Å². The van der Waals surface area contributed by atoms with Crippen LogP contribution in [0.4, 0.5) is 0 Å². The molecule has 0 bridgehead atoms. The molecule has 1 saturated heterocycles. The molecule has 3 nitrogen and oxygen atoms in total. The Balaban J connectivity index is 1.63. The number of hydrogen-bond acceptors (Lipinski definition) is 3. The first-order valence-electron chi connectivity index (χ1n) is 6.54. The highest BCUT2D eigenvalue weighted by Crippen LogP contribution is 2.19. The van der Waals surface area contributed by atoms with Gasteiger partial charge in [-0.15, -0.1) is 0 Å². The number of para-hydroxylation sites is 1. The van der Waals surface area contributed by atoms with Crippen molar-refractivity contribution in [2.24, 2.45) is 0 Å².